The third kappa shape index (κ3) is 4.60. The number of hydrogen-bond acceptors (Lipinski definition) is 3. The Morgan fingerprint density at radius 3 is 2.63 bits per heavy atom. The van der Waals surface area contributed by atoms with Gasteiger partial charge in [0.15, 0.2) is 0 Å². The number of hydrogen-bond donors (Lipinski definition) is 1. The van der Waals surface area contributed by atoms with Gasteiger partial charge in [0.2, 0.25) is 0 Å². The first-order valence-electron chi connectivity index (χ1n) is 6.53. The predicted octanol–water partition coefficient (Wildman–Crippen LogP) is 0.909. The quantitative estimate of drug-likeness (QED) is 0.835. The lowest BCUT2D eigenvalue weighted by Gasteiger charge is -2.26. The first-order valence-corrected chi connectivity index (χ1v) is 7.32. The topological polar surface area (TPSA) is 40.0 Å². The highest BCUT2D eigenvalue weighted by Crippen LogP contribution is 2.11. The number of morpholine rings is 1. The molecule has 1 aliphatic rings. The molecule has 0 saturated carbocycles. The SMILES string of the molecule is C[C@H](C[NH+]1CCOCC1)OC(=O)c1ccc(Br)cc1. The van der Waals surface area contributed by atoms with Crippen LogP contribution >= 0.6 is 15.9 Å². The molecule has 1 aromatic carbocycles. The Balaban J connectivity index is 1.82. The van der Waals surface area contributed by atoms with Gasteiger partial charge in [-0.3, -0.25) is 0 Å². The highest BCUT2D eigenvalue weighted by atomic mass is 79.9. The average molecular weight is 329 g/mol. The van der Waals surface area contributed by atoms with E-state index in [4.69, 9.17) is 9.47 Å². The summed E-state index contributed by atoms with van der Waals surface area (Å²) in [7, 11) is 0. The Morgan fingerprint density at radius 1 is 1.37 bits per heavy atom. The van der Waals surface area contributed by atoms with Crippen LogP contribution in [0.15, 0.2) is 28.7 Å². The van der Waals surface area contributed by atoms with Crippen LogP contribution in [-0.2, 0) is 9.47 Å². The smallest absolute Gasteiger partial charge is 0.338 e. The van der Waals surface area contributed by atoms with Gasteiger partial charge in [0.05, 0.1) is 18.8 Å². The van der Waals surface area contributed by atoms with Gasteiger partial charge in [-0.1, -0.05) is 15.9 Å². The minimum Gasteiger partial charge on any atom is -0.453 e. The standard InChI is InChI=1S/C14H18BrNO3/c1-11(10-16-6-8-18-9-7-16)19-14(17)12-2-4-13(15)5-3-12/h2-5,11H,6-10H2,1H3/p+1/t11-/m1/s1. The lowest BCUT2D eigenvalue weighted by Crippen LogP contribution is -3.15. The second-order valence-electron chi connectivity index (χ2n) is 4.79. The van der Waals surface area contributed by atoms with E-state index in [1.165, 1.54) is 4.90 Å². The Hall–Kier alpha value is -0.910. The number of carbonyl (C=O) groups is 1. The summed E-state index contributed by atoms with van der Waals surface area (Å²) >= 11 is 3.34. The van der Waals surface area contributed by atoms with Crippen molar-refractivity contribution >= 4 is 21.9 Å². The predicted molar refractivity (Wildman–Crippen MR) is 75.4 cm³/mol. The number of benzene rings is 1. The van der Waals surface area contributed by atoms with Crippen molar-refractivity contribution < 1.29 is 19.2 Å². The molecule has 0 aliphatic carbocycles. The first kappa shape index (κ1) is 14.5. The minimum absolute atomic E-state index is 0.0794. The van der Waals surface area contributed by atoms with Gasteiger partial charge in [-0.2, -0.15) is 0 Å². The van der Waals surface area contributed by atoms with E-state index in [1.807, 2.05) is 19.1 Å². The van der Waals surface area contributed by atoms with Gasteiger partial charge in [0.1, 0.15) is 25.7 Å². The van der Waals surface area contributed by atoms with E-state index in [-0.39, 0.29) is 12.1 Å². The van der Waals surface area contributed by atoms with Crippen LogP contribution in [0.25, 0.3) is 0 Å². The van der Waals surface area contributed by atoms with Crippen LogP contribution in [-0.4, -0.2) is 44.9 Å². The van der Waals surface area contributed by atoms with E-state index in [0.717, 1.165) is 37.3 Å². The first-order chi connectivity index (χ1) is 9.15. The molecule has 1 aliphatic heterocycles. The van der Waals surface area contributed by atoms with E-state index in [0.29, 0.717) is 5.56 Å². The van der Waals surface area contributed by atoms with Crippen molar-refractivity contribution in [3.63, 3.8) is 0 Å². The number of rotatable bonds is 4. The van der Waals surface area contributed by atoms with Crippen LogP contribution in [0.5, 0.6) is 0 Å². The maximum atomic E-state index is 11.9. The van der Waals surface area contributed by atoms with Gasteiger partial charge in [-0.05, 0) is 31.2 Å². The van der Waals surface area contributed by atoms with Crippen molar-refractivity contribution in [1.29, 1.82) is 0 Å². The van der Waals surface area contributed by atoms with Gasteiger partial charge < -0.3 is 14.4 Å². The third-order valence-electron chi connectivity index (χ3n) is 3.16. The van der Waals surface area contributed by atoms with Gasteiger partial charge in [-0.25, -0.2) is 4.79 Å². The lowest BCUT2D eigenvalue weighted by atomic mass is 10.2. The fourth-order valence-electron chi connectivity index (χ4n) is 2.15. The zero-order valence-corrected chi connectivity index (χ0v) is 12.6. The summed E-state index contributed by atoms with van der Waals surface area (Å²) in [6.07, 6.45) is -0.0794. The molecule has 0 amide bonds. The molecule has 0 aromatic heterocycles. The molecule has 1 aromatic rings. The van der Waals surface area contributed by atoms with E-state index < -0.39 is 0 Å². The van der Waals surface area contributed by atoms with Crippen LogP contribution in [0.1, 0.15) is 17.3 Å². The second kappa shape index (κ2) is 7.03. The van der Waals surface area contributed by atoms with Crippen LogP contribution in [0, 0.1) is 0 Å². The molecule has 1 N–H and O–H groups in total. The van der Waals surface area contributed by atoms with Crippen molar-refractivity contribution in [2.24, 2.45) is 0 Å². The number of esters is 1. The zero-order chi connectivity index (χ0) is 13.7. The lowest BCUT2D eigenvalue weighted by molar-refractivity contribution is -0.910. The fraction of sp³-hybridized carbons (Fsp3) is 0.500. The molecule has 4 nitrogen and oxygen atoms in total. The Kier molecular flexibility index (Phi) is 5.36. The Morgan fingerprint density at radius 2 is 2.00 bits per heavy atom. The number of carbonyl (C=O) groups excluding carboxylic acids is 1. The molecule has 0 radical (unpaired) electrons. The van der Waals surface area contributed by atoms with E-state index in [2.05, 4.69) is 15.9 Å². The molecule has 5 heteroatoms. The van der Waals surface area contributed by atoms with Gasteiger partial charge in [-0.15, -0.1) is 0 Å². The molecule has 1 fully saturated rings. The summed E-state index contributed by atoms with van der Waals surface area (Å²) in [6, 6.07) is 7.21. The highest BCUT2D eigenvalue weighted by molar-refractivity contribution is 9.10. The normalized spacial score (nSPS) is 18.0. The van der Waals surface area contributed by atoms with Crippen LogP contribution in [0.4, 0.5) is 0 Å². The van der Waals surface area contributed by atoms with Crippen LogP contribution in [0.2, 0.25) is 0 Å². The molecule has 0 bridgehead atoms. The van der Waals surface area contributed by atoms with Gasteiger partial charge in [0, 0.05) is 4.47 Å². The molecular formula is C14H19BrNO3+. The summed E-state index contributed by atoms with van der Waals surface area (Å²) in [4.78, 5) is 13.4. The summed E-state index contributed by atoms with van der Waals surface area (Å²) in [6.45, 7) is 6.34. The summed E-state index contributed by atoms with van der Waals surface area (Å²) in [5.41, 5.74) is 0.590. The van der Waals surface area contributed by atoms with E-state index in [9.17, 15) is 4.79 Å². The summed E-state index contributed by atoms with van der Waals surface area (Å²) in [5.74, 6) is -0.257. The average Bonchev–Trinajstić information content (AvgIpc) is 2.40. The third-order valence-corrected chi connectivity index (χ3v) is 3.69. The number of halogens is 1. The molecule has 19 heavy (non-hydrogen) atoms. The van der Waals surface area contributed by atoms with Crippen molar-refractivity contribution in [2.45, 2.75) is 13.0 Å². The zero-order valence-electron chi connectivity index (χ0n) is 11.0. The summed E-state index contributed by atoms with van der Waals surface area (Å²) < 4.78 is 11.7. The highest BCUT2D eigenvalue weighted by Gasteiger charge is 2.20. The molecule has 0 unspecified atom stereocenters. The molecule has 1 saturated heterocycles. The van der Waals surface area contributed by atoms with E-state index in [1.54, 1.807) is 12.1 Å². The largest absolute Gasteiger partial charge is 0.453 e. The second-order valence-corrected chi connectivity index (χ2v) is 5.70. The van der Waals surface area contributed by atoms with Crippen LogP contribution in [0.3, 0.4) is 0 Å². The van der Waals surface area contributed by atoms with Gasteiger partial charge >= 0.3 is 5.97 Å². The molecule has 2 rings (SSSR count). The van der Waals surface area contributed by atoms with E-state index >= 15 is 0 Å². The Bertz CT molecular complexity index is 415. The summed E-state index contributed by atoms with van der Waals surface area (Å²) in [5, 5.41) is 0. The molecular weight excluding hydrogens is 310 g/mol. The maximum absolute atomic E-state index is 11.9. The number of quaternary nitrogens is 1. The van der Waals surface area contributed by atoms with Crippen molar-refractivity contribution in [2.75, 3.05) is 32.8 Å². The number of ether oxygens (including phenoxy) is 2. The molecule has 0 spiro atoms. The molecule has 1 atom stereocenters. The number of nitrogens with one attached hydrogen (secondary N) is 1. The van der Waals surface area contributed by atoms with Crippen molar-refractivity contribution in [3.05, 3.63) is 34.3 Å². The Labute approximate surface area is 121 Å². The monoisotopic (exact) mass is 328 g/mol. The molecule has 1 heterocycles. The maximum Gasteiger partial charge on any atom is 0.338 e. The van der Waals surface area contributed by atoms with Crippen molar-refractivity contribution in [1.82, 2.24) is 0 Å². The van der Waals surface area contributed by atoms with Gasteiger partial charge in [0.25, 0.3) is 0 Å². The van der Waals surface area contributed by atoms with Crippen LogP contribution < -0.4 is 4.90 Å². The molecule has 104 valence electrons. The fourth-order valence-corrected chi connectivity index (χ4v) is 2.41. The minimum atomic E-state index is -0.257. The van der Waals surface area contributed by atoms with Crippen molar-refractivity contribution in [3.8, 4) is 0 Å².